The van der Waals surface area contributed by atoms with Gasteiger partial charge in [0.2, 0.25) is 11.8 Å². The largest absolute Gasteiger partial charge is 0.349 e. The summed E-state index contributed by atoms with van der Waals surface area (Å²) >= 11 is 0. The Morgan fingerprint density at radius 1 is 0.833 bits per heavy atom. The van der Waals surface area contributed by atoms with Gasteiger partial charge in [-0.25, -0.2) is 0 Å². The third kappa shape index (κ3) is 6.72. The molecule has 0 aliphatic carbocycles. The predicted octanol–water partition coefficient (Wildman–Crippen LogP) is 4.12. The molecule has 1 heterocycles. The molecule has 1 saturated heterocycles. The van der Waals surface area contributed by atoms with Crippen molar-refractivity contribution in [1.29, 1.82) is 0 Å². The number of hydrogen-bond donors (Lipinski definition) is 0. The van der Waals surface area contributed by atoms with Crippen molar-refractivity contribution in [2.75, 3.05) is 27.2 Å². The molecule has 0 atom stereocenters. The van der Waals surface area contributed by atoms with Crippen LogP contribution in [0.1, 0.15) is 42.4 Å². The van der Waals surface area contributed by atoms with Gasteiger partial charge in [-0.1, -0.05) is 54.6 Å². The van der Waals surface area contributed by atoms with E-state index >= 15 is 0 Å². The van der Waals surface area contributed by atoms with Gasteiger partial charge in [0.15, 0.2) is 0 Å². The molecule has 0 bridgehead atoms. The summed E-state index contributed by atoms with van der Waals surface area (Å²) in [6.45, 7) is 1.76. The third-order valence-corrected chi connectivity index (χ3v) is 6.11. The van der Waals surface area contributed by atoms with Crippen molar-refractivity contribution in [2.45, 2.75) is 44.9 Å². The topological polar surface area (TPSA) is 40.6 Å². The number of nitrogens with zero attached hydrogens (tertiary/aromatic N) is 2. The van der Waals surface area contributed by atoms with Crippen molar-refractivity contribution in [2.24, 2.45) is 5.92 Å². The number of rotatable bonds is 8. The van der Waals surface area contributed by atoms with Crippen LogP contribution in [-0.4, -0.2) is 48.8 Å². The molecule has 0 aromatic heterocycles. The van der Waals surface area contributed by atoms with Crippen LogP contribution in [0.15, 0.2) is 54.6 Å². The molecule has 1 aliphatic heterocycles. The highest BCUT2D eigenvalue weighted by atomic mass is 16.2. The molecule has 3 rings (SSSR count). The highest BCUT2D eigenvalue weighted by Crippen LogP contribution is 2.23. The van der Waals surface area contributed by atoms with Crippen LogP contribution in [0, 0.1) is 5.92 Å². The van der Waals surface area contributed by atoms with E-state index in [0.717, 1.165) is 45.2 Å². The Morgan fingerprint density at radius 3 is 2.03 bits per heavy atom. The van der Waals surface area contributed by atoms with Crippen LogP contribution >= 0.6 is 0 Å². The number of likely N-dealkylation sites (tertiary alicyclic amines) is 1. The maximum atomic E-state index is 12.5. The van der Waals surface area contributed by atoms with Crippen LogP contribution in [0.3, 0.4) is 0 Å². The first-order valence-corrected chi connectivity index (χ1v) is 11.1. The second-order valence-corrected chi connectivity index (χ2v) is 8.62. The van der Waals surface area contributed by atoms with E-state index in [1.165, 1.54) is 16.7 Å². The Labute approximate surface area is 180 Å². The lowest BCUT2D eigenvalue weighted by Gasteiger charge is -2.32. The van der Waals surface area contributed by atoms with Gasteiger partial charge >= 0.3 is 0 Å². The maximum absolute atomic E-state index is 12.5. The number of aryl methyl sites for hydroxylation is 2. The average molecular weight is 407 g/mol. The van der Waals surface area contributed by atoms with Gasteiger partial charge in [0, 0.05) is 40.0 Å². The molecule has 0 N–H and O–H groups in total. The van der Waals surface area contributed by atoms with Crippen LogP contribution in [0.5, 0.6) is 0 Å². The summed E-state index contributed by atoms with van der Waals surface area (Å²) in [5.41, 5.74) is 3.80. The van der Waals surface area contributed by atoms with E-state index in [1.54, 1.807) is 19.0 Å². The molecular weight excluding hydrogens is 372 g/mol. The predicted molar refractivity (Wildman–Crippen MR) is 121 cm³/mol. The van der Waals surface area contributed by atoms with Crippen molar-refractivity contribution in [3.8, 4) is 0 Å². The summed E-state index contributed by atoms with van der Waals surface area (Å²) < 4.78 is 0. The van der Waals surface area contributed by atoms with Crippen LogP contribution in [0.4, 0.5) is 0 Å². The minimum Gasteiger partial charge on any atom is -0.349 e. The van der Waals surface area contributed by atoms with Gasteiger partial charge in [0.1, 0.15) is 0 Å². The third-order valence-electron chi connectivity index (χ3n) is 6.11. The number of piperidine rings is 1. The molecule has 2 aromatic rings. The minimum atomic E-state index is 0.171. The van der Waals surface area contributed by atoms with Gasteiger partial charge in [0.25, 0.3) is 0 Å². The zero-order valence-corrected chi connectivity index (χ0v) is 18.3. The van der Waals surface area contributed by atoms with Gasteiger partial charge in [-0.3, -0.25) is 9.59 Å². The van der Waals surface area contributed by atoms with E-state index in [0.29, 0.717) is 18.8 Å². The number of benzene rings is 2. The molecule has 2 amide bonds. The molecule has 30 heavy (non-hydrogen) atoms. The summed E-state index contributed by atoms with van der Waals surface area (Å²) in [7, 11) is 3.60. The normalized spacial score (nSPS) is 14.5. The molecule has 0 saturated carbocycles. The van der Waals surface area contributed by atoms with E-state index in [4.69, 9.17) is 0 Å². The van der Waals surface area contributed by atoms with E-state index in [2.05, 4.69) is 36.4 Å². The standard InChI is InChI=1S/C26H34N2O2/c1-27(2)25(29)14-12-22-8-10-23(11-9-22)20-24-16-18-28(19-17-24)26(30)15-13-21-6-4-3-5-7-21/h3-11,24H,12-20H2,1-2H3. The van der Waals surface area contributed by atoms with Crippen LogP contribution in [-0.2, 0) is 28.9 Å². The Bertz CT molecular complexity index is 807. The molecule has 4 nitrogen and oxygen atoms in total. The number of carbonyl (C=O) groups is 2. The first-order chi connectivity index (χ1) is 14.5. The monoisotopic (exact) mass is 406 g/mol. The first kappa shape index (κ1) is 22.1. The van der Waals surface area contributed by atoms with Crippen molar-refractivity contribution in [3.05, 3.63) is 71.3 Å². The molecular formula is C26H34N2O2. The Balaban J connectivity index is 1.39. The fourth-order valence-electron chi connectivity index (χ4n) is 4.09. The lowest BCUT2D eigenvalue weighted by molar-refractivity contribution is -0.132. The lowest BCUT2D eigenvalue weighted by Crippen LogP contribution is -2.39. The molecule has 4 heteroatoms. The minimum absolute atomic E-state index is 0.171. The molecule has 2 aromatic carbocycles. The van der Waals surface area contributed by atoms with E-state index < -0.39 is 0 Å². The zero-order valence-electron chi connectivity index (χ0n) is 18.3. The van der Waals surface area contributed by atoms with Crippen molar-refractivity contribution >= 4 is 11.8 Å². The zero-order chi connectivity index (χ0) is 21.3. The van der Waals surface area contributed by atoms with E-state index in [-0.39, 0.29) is 11.8 Å². The van der Waals surface area contributed by atoms with Gasteiger partial charge in [-0.15, -0.1) is 0 Å². The summed E-state index contributed by atoms with van der Waals surface area (Å²) in [5, 5.41) is 0. The molecule has 0 radical (unpaired) electrons. The second kappa shape index (κ2) is 11.0. The Morgan fingerprint density at radius 2 is 1.40 bits per heavy atom. The van der Waals surface area contributed by atoms with E-state index in [9.17, 15) is 9.59 Å². The average Bonchev–Trinajstić information content (AvgIpc) is 2.78. The van der Waals surface area contributed by atoms with E-state index in [1.807, 2.05) is 23.1 Å². The second-order valence-electron chi connectivity index (χ2n) is 8.62. The molecule has 1 fully saturated rings. The van der Waals surface area contributed by atoms with Gasteiger partial charge < -0.3 is 9.80 Å². The lowest BCUT2D eigenvalue weighted by atomic mass is 9.89. The quantitative estimate of drug-likeness (QED) is 0.662. The highest BCUT2D eigenvalue weighted by Gasteiger charge is 2.22. The number of amides is 2. The maximum Gasteiger partial charge on any atom is 0.222 e. The van der Waals surface area contributed by atoms with Crippen molar-refractivity contribution in [3.63, 3.8) is 0 Å². The summed E-state index contributed by atoms with van der Waals surface area (Å²) in [4.78, 5) is 27.9. The molecule has 1 aliphatic rings. The number of hydrogen-bond acceptors (Lipinski definition) is 2. The van der Waals surface area contributed by atoms with Crippen molar-refractivity contribution < 1.29 is 9.59 Å². The molecule has 0 spiro atoms. The first-order valence-electron chi connectivity index (χ1n) is 11.1. The summed E-state index contributed by atoms with van der Waals surface area (Å²) in [6.07, 6.45) is 6.01. The van der Waals surface area contributed by atoms with Gasteiger partial charge in [-0.2, -0.15) is 0 Å². The summed E-state index contributed by atoms with van der Waals surface area (Å²) in [6, 6.07) is 19.0. The summed E-state index contributed by atoms with van der Waals surface area (Å²) in [5.74, 6) is 1.10. The van der Waals surface area contributed by atoms with Gasteiger partial charge in [-0.05, 0) is 54.7 Å². The van der Waals surface area contributed by atoms with Crippen LogP contribution < -0.4 is 0 Å². The fourth-order valence-corrected chi connectivity index (χ4v) is 4.09. The highest BCUT2D eigenvalue weighted by molar-refractivity contribution is 5.76. The smallest absolute Gasteiger partial charge is 0.222 e. The van der Waals surface area contributed by atoms with Crippen molar-refractivity contribution in [1.82, 2.24) is 9.80 Å². The van der Waals surface area contributed by atoms with Crippen LogP contribution in [0.25, 0.3) is 0 Å². The number of carbonyl (C=O) groups excluding carboxylic acids is 2. The fraction of sp³-hybridized carbons (Fsp3) is 0.462. The SMILES string of the molecule is CN(C)C(=O)CCc1ccc(CC2CCN(C(=O)CCc3ccccc3)CC2)cc1. The Hall–Kier alpha value is -2.62. The van der Waals surface area contributed by atoms with Crippen LogP contribution in [0.2, 0.25) is 0 Å². The molecule has 0 unspecified atom stereocenters. The Kier molecular flexibility index (Phi) is 8.06. The molecule has 160 valence electrons. The van der Waals surface area contributed by atoms with Gasteiger partial charge in [0.05, 0.1) is 0 Å².